The summed E-state index contributed by atoms with van der Waals surface area (Å²) in [6.45, 7) is 0. The minimum absolute atomic E-state index is 0.272. The van der Waals surface area contributed by atoms with Gasteiger partial charge >= 0.3 is 25.6 Å². The van der Waals surface area contributed by atoms with Crippen molar-refractivity contribution in [2.75, 3.05) is 0 Å². The largest absolute Gasteiger partial charge is 0.573 e. The van der Waals surface area contributed by atoms with Crippen LogP contribution in [0.2, 0.25) is 0 Å². The van der Waals surface area contributed by atoms with E-state index >= 15 is 0 Å². The number of ether oxygens (including phenoxy) is 1. The van der Waals surface area contributed by atoms with E-state index in [4.69, 9.17) is 10.4 Å². The van der Waals surface area contributed by atoms with Crippen LogP contribution in [0.15, 0.2) is 24.2 Å². The molecule has 0 saturated heterocycles. The van der Waals surface area contributed by atoms with Gasteiger partial charge in [0.15, 0.2) is 0 Å². The maximum absolute atomic E-state index is 11.8. The summed E-state index contributed by atoms with van der Waals surface area (Å²) in [4.78, 5) is 0. The molecule has 1 aromatic carbocycles. The second-order valence-electron chi connectivity index (χ2n) is 2.22. The summed E-state index contributed by atoms with van der Waals surface area (Å²) in [5, 5.41) is 0. The van der Waals surface area contributed by atoms with Crippen LogP contribution in [0.4, 0.5) is 13.2 Å². The summed E-state index contributed by atoms with van der Waals surface area (Å²) in [5.41, 5.74) is 0. The van der Waals surface area contributed by atoms with Crippen LogP contribution in [0.1, 0.15) is 1.37 Å². The fraction of sp³-hybridized carbons (Fsp3) is 0.143. The number of benzene rings is 1. The van der Waals surface area contributed by atoms with Crippen molar-refractivity contribution >= 4 is 32.0 Å². The molecule has 0 bridgehead atoms. The van der Waals surface area contributed by atoms with E-state index in [1.807, 2.05) is 0 Å². The lowest BCUT2D eigenvalue weighted by atomic mass is 10.3. The molecule has 0 spiro atoms. The lowest BCUT2D eigenvalue weighted by Gasteiger charge is -2.09. The Morgan fingerprint density at radius 3 is 2.69 bits per heavy atom. The van der Waals surface area contributed by atoms with Crippen LogP contribution in [0.25, 0.3) is 0 Å². The summed E-state index contributed by atoms with van der Waals surface area (Å²) in [7, 11) is 5.56. The highest BCUT2D eigenvalue weighted by Gasteiger charge is 2.30. The summed E-state index contributed by atoms with van der Waals surface area (Å²) in [5.74, 6) is -0.497. The minimum Gasteiger partial charge on any atom is -0.406 e. The fourth-order valence-electron chi connectivity index (χ4n) is 0.755. The second-order valence-corrected chi connectivity index (χ2v) is 4.05. The van der Waals surface area contributed by atoms with Crippen molar-refractivity contribution in [2.45, 2.75) is 6.36 Å². The molecule has 0 amide bonds. The Balaban J connectivity index is 2.98. The first-order valence-electron chi connectivity index (χ1n) is 3.84. The molecule has 0 unspecified atom stereocenters. The zero-order valence-electron chi connectivity index (χ0n) is 7.36. The molecule has 1 nitrogen and oxygen atoms in total. The zero-order chi connectivity index (χ0) is 10.8. The van der Waals surface area contributed by atoms with E-state index in [2.05, 4.69) is 4.74 Å². The molecule has 0 fully saturated rings. The van der Waals surface area contributed by atoms with Gasteiger partial charge in [-0.25, -0.2) is 0 Å². The van der Waals surface area contributed by atoms with Gasteiger partial charge in [-0.3, -0.25) is 0 Å². The van der Waals surface area contributed by atoms with E-state index in [0.29, 0.717) is 3.69 Å². The van der Waals surface area contributed by atoms with Crippen molar-refractivity contribution in [1.82, 2.24) is 0 Å². The lowest BCUT2D eigenvalue weighted by molar-refractivity contribution is -0.274. The third-order valence-corrected chi connectivity index (χ3v) is 2.76. The highest BCUT2D eigenvalue weighted by atomic mass is 35.5. The number of hydrogen-bond acceptors (Lipinski definition) is 1. The molecular formula is C7H4ClF3MgO. The van der Waals surface area contributed by atoms with Gasteiger partial charge in [-0.2, -0.15) is 0 Å². The van der Waals surface area contributed by atoms with E-state index in [0.717, 1.165) is 6.07 Å². The number of hydrogen-bond donors (Lipinski definition) is 0. The normalized spacial score (nSPS) is 11.8. The Hall–Kier alpha value is -0.134. The van der Waals surface area contributed by atoms with Crippen molar-refractivity contribution in [3.63, 3.8) is 0 Å². The predicted molar refractivity (Wildman–Crippen MR) is 44.4 cm³/mol. The second kappa shape index (κ2) is 4.39. The van der Waals surface area contributed by atoms with Gasteiger partial charge in [-0.15, -0.1) is 16.9 Å². The van der Waals surface area contributed by atoms with Crippen molar-refractivity contribution in [3.8, 4) is 5.75 Å². The molecule has 0 N–H and O–H groups in total. The van der Waals surface area contributed by atoms with Gasteiger partial charge in [0.05, 0.1) is 1.37 Å². The number of rotatable bonds is 2. The molecule has 0 atom stereocenters. The minimum atomic E-state index is -4.76. The van der Waals surface area contributed by atoms with Crippen LogP contribution in [0, 0.1) is 0 Å². The number of alkyl halides is 3. The highest BCUT2D eigenvalue weighted by Crippen LogP contribution is 2.21. The van der Waals surface area contributed by atoms with Gasteiger partial charge in [0.1, 0.15) is 5.75 Å². The van der Waals surface area contributed by atoms with Gasteiger partial charge in [0, 0.05) is 0 Å². The molecule has 1 rings (SSSR count). The summed E-state index contributed by atoms with van der Waals surface area (Å²) in [6, 6.07) is 3.75. The van der Waals surface area contributed by atoms with Crippen LogP contribution in [-0.4, -0.2) is 25.6 Å². The standard InChI is InChI=1S/C7H4F3O.ClH.Mg/c8-7(9,10)11-6-4-2-1-3-5-6;;/h1-2,4-5H;1H;/q;;+1/p-1/i5D;;. The molecule has 0 heterocycles. The average Bonchev–Trinajstić information content (AvgIpc) is 2.06. The highest BCUT2D eigenvalue weighted by molar-refractivity contribution is 7.01. The molecule has 1 aromatic rings. The molecule has 0 aromatic heterocycles. The van der Waals surface area contributed by atoms with Gasteiger partial charge in [0.25, 0.3) is 0 Å². The summed E-state index contributed by atoms with van der Waals surface area (Å²) < 4.78 is 46.9. The van der Waals surface area contributed by atoms with E-state index in [1.165, 1.54) is 12.1 Å². The van der Waals surface area contributed by atoms with Crippen LogP contribution >= 0.6 is 9.07 Å². The average molecular weight is 222 g/mol. The molecule has 0 aliphatic carbocycles. The molecule has 0 aliphatic rings. The van der Waals surface area contributed by atoms with E-state index in [-0.39, 0.29) is 6.04 Å². The Bertz CT molecular complexity index is 331. The van der Waals surface area contributed by atoms with E-state index < -0.39 is 31.4 Å². The first kappa shape index (κ1) is 9.42. The first-order chi connectivity index (χ1) is 6.44. The smallest absolute Gasteiger partial charge is 0.406 e. The summed E-state index contributed by atoms with van der Waals surface area (Å²) >= 11 is -1.17. The Morgan fingerprint density at radius 2 is 2.15 bits per heavy atom. The maximum Gasteiger partial charge on any atom is 0.573 e. The topological polar surface area (TPSA) is 9.23 Å². The Labute approximate surface area is 87.7 Å². The van der Waals surface area contributed by atoms with Gasteiger partial charge < -0.3 is 13.8 Å². The van der Waals surface area contributed by atoms with Crippen molar-refractivity contribution < 1.29 is 19.3 Å². The Kier molecular flexibility index (Phi) is 3.18. The molecule has 13 heavy (non-hydrogen) atoms. The third kappa shape index (κ3) is 4.06. The molecule has 0 aliphatic heterocycles. The van der Waals surface area contributed by atoms with Crippen LogP contribution in [0.3, 0.4) is 0 Å². The van der Waals surface area contributed by atoms with Crippen molar-refractivity contribution in [3.05, 3.63) is 24.2 Å². The quantitative estimate of drug-likeness (QED) is 0.695. The third-order valence-electron chi connectivity index (χ3n) is 1.20. The van der Waals surface area contributed by atoms with Crippen LogP contribution in [0.5, 0.6) is 5.75 Å². The first-order valence-corrected chi connectivity index (χ1v) is 6.19. The van der Waals surface area contributed by atoms with Crippen molar-refractivity contribution in [2.24, 2.45) is 0 Å². The molecule has 68 valence electrons. The van der Waals surface area contributed by atoms with Crippen LogP contribution in [-0.2, 0) is 0 Å². The maximum atomic E-state index is 11.8. The van der Waals surface area contributed by atoms with E-state index in [1.54, 1.807) is 0 Å². The number of halogens is 4. The monoisotopic (exact) mass is 221 g/mol. The zero-order valence-corrected chi connectivity index (χ0v) is 8.53. The predicted octanol–water partition coefficient (Wildman–Crippen LogP) is 2.07. The van der Waals surface area contributed by atoms with Gasteiger partial charge in [-0.1, -0.05) is 12.1 Å². The SMILES string of the molecule is [2H]c1c(OC(F)(F)F)ccc[c]1[Mg][Cl]. The molecule has 0 saturated carbocycles. The molecular weight excluding hydrogens is 217 g/mol. The van der Waals surface area contributed by atoms with E-state index in [9.17, 15) is 13.2 Å². The molecule has 6 heteroatoms. The van der Waals surface area contributed by atoms with Crippen molar-refractivity contribution in [1.29, 1.82) is 0 Å². The lowest BCUT2D eigenvalue weighted by Crippen LogP contribution is -2.18. The van der Waals surface area contributed by atoms with Crippen LogP contribution < -0.4 is 8.43 Å². The fourth-order valence-corrected chi connectivity index (χ4v) is 1.69. The van der Waals surface area contributed by atoms with Gasteiger partial charge in [-0.05, 0) is 12.1 Å². The molecule has 0 radical (unpaired) electrons. The Morgan fingerprint density at radius 1 is 1.46 bits per heavy atom. The summed E-state index contributed by atoms with van der Waals surface area (Å²) in [6.07, 6.45) is -4.76. The van der Waals surface area contributed by atoms with Gasteiger partial charge in [0.2, 0.25) is 0 Å².